The molecule has 0 atom stereocenters. The summed E-state index contributed by atoms with van der Waals surface area (Å²) in [6, 6.07) is 18.2. The molecule has 0 amide bonds. The van der Waals surface area contributed by atoms with Crippen LogP contribution in [0.4, 0.5) is 28.4 Å². The zero-order valence-electron chi connectivity index (χ0n) is 26.2. The van der Waals surface area contributed by atoms with Gasteiger partial charge >= 0.3 is 0 Å². The summed E-state index contributed by atoms with van der Waals surface area (Å²) >= 11 is 0. The van der Waals surface area contributed by atoms with E-state index in [4.69, 9.17) is 5.73 Å². The van der Waals surface area contributed by atoms with E-state index in [1.807, 2.05) is 0 Å². The van der Waals surface area contributed by atoms with Gasteiger partial charge in [-0.1, -0.05) is 24.3 Å². The smallest absolute Gasteiger partial charge is 0.295 e. The van der Waals surface area contributed by atoms with Crippen LogP contribution in [0.3, 0.4) is 0 Å². The Morgan fingerprint density at radius 1 is 0.423 bits per heavy atom. The van der Waals surface area contributed by atoms with Gasteiger partial charge in [0.25, 0.3) is 40.5 Å². The number of azo groups is 2. The van der Waals surface area contributed by atoms with Crippen molar-refractivity contribution in [2.45, 2.75) is 19.6 Å². The Hall–Kier alpha value is -4.26. The van der Waals surface area contributed by atoms with Crippen molar-refractivity contribution in [1.29, 1.82) is 0 Å². The Balaban J connectivity index is 0.00000523. The van der Waals surface area contributed by atoms with Crippen molar-refractivity contribution in [2.75, 3.05) is 5.73 Å². The summed E-state index contributed by atoms with van der Waals surface area (Å²) in [4.78, 5) is -2.38. The van der Waals surface area contributed by atoms with Crippen molar-refractivity contribution >= 4 is 131 Å². The van der Waals surface area contributed by atoms with E-state index in [1.54, 1.807) is 0 Å². The van der Waals surface area contributed by atoms with Gasteiger partial charge in [0.2, 0.25) is 0 Å². The molecule has 1 radical (unpaired) electrons. The maximum atomic E-state index is 12.2. The Morgan fingerprint density at radius 3 is 1.44 bits per heavy atom. The number of anilines is 1. The fourth-order valence-corrected chi connectivity index (χ4v) is 7.68. The Morgan fingerprint density at radius 2 is 0.904 bits per heavy atom. The quantitative estimate of drug-likeness (QED) is 0.0499. The van der Waals surface area contributed by atoms with Crippen LogP contribution in [0.25, 0.3) is 32.3 Å². The first kappa shape index (κ1) is 39.0. The molecule has 52 heavy (non-hydrogen) atoms. The molecule has 0 fully saturated rings. The van der Waals surface area contributed by atoms with Gasteiger partial charge < -0.3 is 5.73 Å². The Bertz CT molecular complexity index is 2990. The summed E-state index contributed by atoms with van der Waals surface area (Å²) in [6.07, 6.45) is 0. The molecule has 0 aromatic heterocycles. The largest absolute Gasteiger partial charge is 0.398 e. The predicted octanol–water partition coefficient (Wildman–Crippen LogP) is 6.17. The van der Waals surface area contributed by atoms with Crippen molar-refractivity contribution in [3.63, 3.8) is 0 Å². The number of nitrogens with zero attached hydrogens (tertiary/aromatic N) is 4. The fraction of sp³-hybridized carbons (Fsp3) is 0. The third-order valence-electron chi connectivity index (χ3n) is 7.53. The van der Waals surface area contributed by atoms with Crippen LogP contribution in [0.2, 0.25) is 0 Å². The van der Waals surface area contributed by atoms with Crippen molar-refractivity contribution in [3.05, 3.63) is 91.0 Å². The number of nitrogen functional groups attached to an aromatic ring is 1. The van der Waals surface area contributed by atoms with Gasteiger partial charge in [0.15, 0.2) is 0 Å². The zero-order valence-corrected chi connectivity index (χ0v) is 31.5. The molecule has 0 saturated carbocycles. The van der Waals surface area contributed by atoms with E-state index >= 15 is 0 Å². The van der Waals surface area contributed by atoms with E-state index in [1.165, 1.54) is 42.5 Å². The van der Waals surface area contributed by atoms with Crippen LogP contribution in [0.5, 0.6) is 0 Å². The minimum atomic E-state index is -4.96. The molecule has 6 aromatic rings. The molecule has 6 N–H and O–H groups in total. The Labute approximate surface area is 317 Å². The first-order valence-electron chi connectivity index (χ1n) is 13.9. The molecule has 263 valence electrons. The molecule has 0 saturated heterocycles. The summed E-state index contributed by atoms with van der Waals surface area (Å²) in [5, 5.41) is 16.9. The van der Waals surface area contributed by atoms with Gasteiger partial charge in [-0.2, -0.15) is 38.8 Å². The van der Waals surface area contributed by atoms with Crippen LogP contribution >= 0.6 is 0 Å². The van der Waals surface area contributed by atoms with Crippen LogP contribution in [-0.4, -0.2) is 81.4 Å². The van der Waals surface area contributed by atoms with Gasteiger partial charge in [-0.15, -0.1) is 15.3 Å². The molecular weight excluding hydrogens is 774 g/mol. The molecule has 0 aliphatic carbocycles. The minimum Gasteiger partial charge on any atom is -0.398 e. The SMILES string of the molecule is Nc1ccc(N=Nc2ccc(N=Nc3cc(S(=O)(=O)O)c4cccc(S(=O)(=O)O)c4c3)c3cc(S(=O)(=O)O)ccc23)c2cc(S(=O)(=O)O)ccc12.[Na]. The fourth-order valence-electron chi connectivity index (χ4n) is 5.24. The maximum Gasteiger partial charge on any atom is 0.295 e. The molecule has 6 aromatic carbocycles. The van der Waals surface area contributed by atoms with Gasteiger partial charge in [-0.05, 0) is 66.7 Å². The van der Waals surface area contributed by atoms with Crippen LogP contribution < -0.4 is 5.73 Å². The maximum absolute atomic E-state index is 12.2. The van der Waals surface area contributed by atoms with E-state index < -0.39 is 60.1 Å². The van der Waals surface area contributed by atoms with E-state index in [2.05, 4.69) is 20.5 Å². The molecule has 0 aliphatic rings. The standard InChI is InChI=1S/C30H21N5O12S4.Na/c31-25-8-9-27(22-14-17(48(36,37)38)4-6-19(22)25)35-34-26-10-11-28(23-15-18(49(39,40)41)5-7-20(23)26)33-32-16-12-24-21(30(13-16)51(45,46)47)2-1-3-29(24)50(42,43)44;/h1-15H,31H2,(H,36,37,38)(H,39,40,41)(H,42,43,44)(H,45,46,47);. The average Bonchev–Trinajstić information content (AvgIpc) is 3.04. The van der Waals surface area contributed by atoms with Crippen LogP contribution in [0, 0.1) is 0 Å². The van der Waals surface area contributed by atoms with Gasteiger partial charge in [0, 0.05) is 67.6 Å². The van der Waals surface area contributed by atoms with Gasteiger partial charge in [0.05, 0.1) is 32.5 Å². The molecule has 0 heterocycles. The third kappa shape index (κ3) is 7.89. The summed E-state index contributed by atoms with van der Waals surface area (Å²) in [6.45, 7) is 0. The molecule has 0 unspecified atom stereocenters. The van der Waals surface area contributed by atoms with Crippen molar-refractivity contribution in [2.24, 2.45) is 20.5 Å². The van der Waals surface area contributed by atoms with Crippen molar-refractivity contribution in [1.82, 2.24) is 0 Å². The predicted molar refractivity (Wildman–Crippen MR) is 190 cm³/mol. The second-order valence-electron chi connectivity index (χ2n) is 10.8. The molecule has 17 nitrogen and oxygen atoms in total. The number of nitrogens with two attached hydrogens (primary N) is 1. The number of hydrogen-bond donors (Lipinski definition) is 5. The Kier molecular flexibility index (Phi) is 10.4. The monoisotopic (exact) mass is 794 g/mol. The van der Waals surface area contributed by atoms with Gasteiger partial charge in [-0.25, -0.2) is 0 Å². The molecule has 0 aliphatic heterocycles. The first-order valence-corrected chi connectivity index (χ1v) is 19.7. The number of hydrogen-bond acceptors (Lipinski definition) is 13. The van der Waals surface area contributed by atoms with Crippen molar-refractivity contribution < 1.29 is 51.9 Å². The topological polar surface area (TPSA) is 293 Å². The molecule has 22 heteroatoms. The third-order valence-corrected chi connectivity index (χ3v) is 11.0. The number of rotatable bonds is 8. The molecule has 0 spiro atoms. The summed E-state index contributed by atoms with van der Waals surface area (Å²) in [5.41, 5.74) is 6.23. The van der Waals surface area contributed by atoms with Crippen LogP contribution in [-0.2, 0) is 40.5 Å². The van der Waals surface area contributed by atoms with E-state index in [0.717, 1.165) is 48.5 Å². The van der Waals surface area contributed by atoms with Crippen molar-refractivity contribution in [3.8, 4) is 0 Å². The van der Waals surface area contributed by atoms with Crippen LogP contribution in [0.15, 0.2) is 131 Å². The number of fused-ring (bicyclic) bond motifs is 3. The van der Waals surface area contributed by atoms with E-state index in [-0.39, 0.29) is 84.9 Å². The molecular formula is C30H21N5NaO12S4. The van der Waals surface area contributed by atoms with E-state index in [9.17, 15) is 51.9 Å². The second kappa shape index (κ2) is 13.9. The molecule has 0 bridgehead atoms. The minimum absolute atomic E-state index is 0. The van der Waals surface area contributed by atoms with E-state index in [0.29, 0.717) is 5.39 Å². The summed E-state index contributed by atoms with van der Waals surface area (Å²) in [7, 11) is -19.1. The molecule has 6 rings (SSSR count). The van der Waals surface area contributed by atoms with Gasteiger partial charge in [0.1, 0.15) is 9.79 Å². The second-order valence-corrected chi connectivity index (χ2v) is 16.4. The summed E-state index contributed by atoms with van der Waals surface area (Å²) in [5.74, 6) is 0. The summed E-state index contributed by atoms with van der Waals surface area (Å²) < 4.78 is 135. The normalized spacial score (nSPS) is 13.0. The van der Waals surface area contributed by atoms with Crippen LogP contribution in [0.1, 0.15) is 0 Å². The number of benzene rings is 6. The first-order chi connectivity index (χ1) is 23.7. The average molecular weight is 795 g/mol. The zero-order chi connectivity index (χ0) is 37.1. The van der Waals surface area contributed by atoms with Gasteiger partial charge in [-0.3, -0.25) is 18.2 Å².